The highest BCUT2D eigenvalue weighted by Gasteiger charge is 2.31. The largest absolute Gasteiger partial charge is 0.461 e. The second-order valence-corrected chi connectivity index (χ2v) is 9.54. The fraction of sp³-hybridized carbons (Fsp3) is 0.412. The molecule has 27 heavy (non-hydrogen) atoms. The Hall–Kier alpha value is -2.17. The number of furan rings is 1. The number of sulfonamides is 1. The summed E-state index contributed by atoms with van der Waals surface area (Å²) < 4.78 is 35.9. The Kier molecular flexibility index (Phi) is 4.79. The smallest absolute Gasteiger partial charge is 0.346 e. The van der Waals surface area contributed by atoms with Crippen molar-refractivity contribution < 1.29 is 12.8 Å². The van der Waals surface area contributed by atoms with E-state index in [2.05, 4.69) is 9.82 Å². The maximum Gasteiger partial charge on any atom is 0.346 e. The predicted octanol–water partition coefficient (Wildman–Crippen LogP) is 2.24. The van der Waals surface area contributed by atoms with Crippen LogP contribution in [0.2, 0.25) is 0 Å². The molecule has 1 aliphatic carbocycles. The van der Waals surface area contributed by atoms with Crippen LogP contribution in [-0.2, 0) is 23.0 Å². The Morgan fingerprint density at radius 1 is 1.33 bits per heavy atom. The van der Waals surface area contributed by atoms with Crippen molar-refractivity contribution in [3.8, 4) is 11.6 Å². The normalized spacial score (nSPS) is 14.7. The molecule has 0 amide bonds. The van der Waals surface area contributed by atoms with Gasteiger partial charge in [-0.3, -0.25) is 4.57 Å². The highest BCUT2D eigenvalue weighted by molar-refractivity contribution is 7.91. The van der Waals surface area contributed by atoms with E-state index in [1.807, 2.05) is 13.0 Å². The van der Waals surface area contributed by atoms with E-state index in [4.69, 9.17) is 4.42 Å². The summed E-state index contributed by atoms with van der Waals surface area (Å²) in [5, 5.41) is 4.36. The molecule has 0 aliphatic heterocycles. The monoisotopic (exact) mass is 408 g/mol. The number of nitrogens with one attached hydrogen (secondary N) is 1. The lowest BCUT2D eigenvalue weighted by Gasteiger charge is -2.04. The number of rotatable bonds is 8. The third kappa shape index (κ3) is 3.64. The topological polar surface area (TPSA) is 99.1 Å². The van der Waals surface area contributed by atoms with Crippen molar-refractivity contribution in [3.05, 3.63) is 45.9 Å². The van der Waals surface area contributed by atoms with Crippen molar-refractivity contribution >= 4 is 21.4 Å². The first kappa shape index (κ1) is 18.2. The van der Waals surface area contributed by atoms with Crippen molar-refractivity contribution in [1.29, 1.82) is 0 Å². The summed E-state index contributed by atoms with van der Waals surface area (Å²) in [6.07, 6.45) is 4.20. The molecule has 3 aromatic heterocycles. The van der Waals surface area contributed by atoms with Gasteiger partial charge in [-0.15, -0.1) is 16.4 Å². The van der Waals surface area contributed by atoms with Gasteiger partial charge in [-0.25, -0.2) is 22.6 Å². The number of aromatic nitrogens is 3. The molecule has 3 aromatic rings. The van der Waals surface area contributed by atoms with E-state index in [0.29, 0.717) is 11.6 Å². The van der Waals surface area contributed by atoms with E-state index in [-0.39, 0.29) is 29.0 Å². The lowest BCUT2D eigenvalue weighted by atomic mass is 10.4. The van der Waals surface area contributed by atoms with Crippen molar-refractivity contribution in [2.45, 2.75) is 43.0 Å². The molecule has 0 saturated heterocycles. The van der Waals surface area contributed by atoms with E-state index in [1.54, 1.807) is 22.8 Å². The molecule has 0 unspecified atom stereocenters. The van der Waals surface area contributed by atoms with E-state index in [0.717, 1.165) is 24.1 Å². The SMILES string of the molecule is CCc1ccc(S(=O)(=O)NCCn2nc(-c3ccco3)n(C3CC3)c2=O)s1. The first-order chi connectivity index (χ1) is 13.0. The molecule has 3 heterocycles. The van der Waals surface area contributed by atoms with Crippen LogP contribution < -0.4 is 10.4 Å². The number of hydrogen-bond acceptors (Lipinski definition) is 6. The number of thiophene rings is 1. The van der Waals surface area contributed by atoms with Crippen LogP contribution in [0, 0.1) is 0 Å². The Morgan fingerprint density at radius 3 is 2.78 bits per heavy atom. The summed E-state index contributed by atoms with van der Waals surface area (Å²) in [6, 6.07) is 7.07. The van der Waals surface area contributed by atoms with Gasteiger partial charge in [-0.1, -0.05) is 6.92 Å². The average molecular weight is 409 g/mol. The second kappa shape index (κ2) is 7.10. The van der Waals surface area contributed by atoms with Crippen molar-refractivity contribution in [2.75, 3.05) is 6.54 Å². The quantitative estimate of drug-likeness (QED) is 0.616. The third-order valence-electron chi connectivity index (χ3n) is 4.39. The van der Waals surface area contributed by atoms with Gasteiger partial charge >= 0.3 is 5.69 Å². The van der Waals surface area contributed by atoms with Crippen molar-refractivity contribution in [2.24, 2.45) is 0 Å². The molecule has 10 heteroatoms. The first-order valence-electron chi connectivity index (χ1n) is 8.81. The van der Waals surface area contributed by atoms with Gasteiger partial charge in [0.15, 0.2) is 5.76 Å². The molecule has 1 N–H and O–H groups in total. The molecule has 0 radical (unpaired) electrons. The summed E-state index contributed by atoms with van der Waals surface area (Å²) in [5.41, 5.74) is -0.243. The van der Waals surface area contributed by atoms with E-state index < -0.39 is 10.0 Å². The lowest BCUT2D eigenvalue weighted by Crippen LogP contribution is -2.31. The molecule has 0 atom stereocenters. The van der Waals surface area contributed by atoms with Crippen molar-refractivity contribution in [3.63, 3.8) is 0 Å². The summed E-state index contributed by atoms with van der Waals surface area (Å²) in [4.78, 5) is 13.7. The minimum absolute atomic E-state index is 0.0842. The van der Waals surface area contributed by atoms with Crippen LogP contribution in [0.15, 0.2) is 43.9 Å². The van der Waals surface area contributed by atoms with Crippen LogP contribution in [0.3, 0.4) is 0 Å². The standard InChI is InChI=1S/C17H20N4O4S2/c1-2-13-7-8-15(26-13)27(23,24)18-9-10-20-17(22)21(12-5-6-12)16(19-20)14-4-3-11-25-14/h3-4,7-8,11-12,18H,2,5-6,9-10H2,1H3. The molecule has 4 rings (SSSR count). The second-order valence-electron chi connectivity index (χ2n) is 6.38. The number of hydrogen-bond donors (Lipinski definition) is 1. The zero-order valence-corrected chi connectivity index (χ0v) is 16.4. The van der Waals surface area contributed by atoms with Crippen LogP contribution in [0.1, 0.15) is 30.7 Å². The van der Waals surface area contributed by atoms with Gasteiger partial charge in [0.1, 0.15) is 4.21 Å². The van der Waals surface area contributed by atoms with Crippen LogP contribution in [0.25, 0.3) is 11.6 Å². The fourth-order valence-corrected chi connectivity index (χ4v) is 5.21. The van der Waals surface area contributed by atoms with Gasteiger partial charge in [0.25, 0.3) is 0 Å². The van der Waals surface area contributed by atoms with Crippen LogP contribution in [0.4, 0.5) is 0 Å². The molecule has 8 nitrogen and oxygen atoms in total. The third-order valence-corrected chi connectivity index (χ3v) is 7.57. The van der Waals surface area contributed by atoms with E-state index in [9.17, 15) is 13.2 Å². The van der Waals surface area contributed by atoms with Gasteiger partial charge < -0.3 is 4.42 Å². The highest BCUT2D eigenvalue weighted by atomic mass is 32.2. The van der Waals surface area contributed by atoms with Gasteiger partial charge in [0, 0.05) is 17.5 Å². The molecule has 144 valence electrons. The molecule has 1 aliphatic rings. The predicted molar refractivity (Wildman–Crippen MR) is 101 cm³/mol. The maximum absolute atomic E-state index is 12.7. The van der Waals surface area contributed by atoms with Gasteiger partial charge in [0.05, 0.1) is 12.8 Å². The Balaban J connectivity index is 1.50. The number of aryl methyl sites for hydroxylation is 1. The molecular formula is C17H20N4O4S2. The maximum atomic E-state index is 12.7. The fourth-order valence-electron chi connectivity index (χ4n) is 2.85. The first-order valence-corrected chi connectivity index (χ1v) is 11.1. The van der Waals surface area contributed by atoms with Crippen LogP contribution in [0.5, 0.6) is 0 Å². The lowest BCUT2D eigenvalue weighted by molar-refractivity contribution is 0.547. The van der Waals surface area contributed by atoms with E-state index >= 15 is 0 Å². The zero-order chi connectivity index (χ0) is 19.0. The Labute approximate surface area is 160 Å². The van der Waals surface area contributed by atoms with Crippen LogP contribution in [-0.4, -0.2) is 29.3 Å². The molecule has 0 aromatic carbocycles. The summed E-state index contributed by atoms with van der Waals surface area (Å²) >= 11 is 1.26. The number of nitrogens with zero attached hydrogens (tertiary/aromatic N) is 3. The minimum Gasteiger partial charge on any atom is -0.461 e. The van der Waals surface area contributed by atoms with E-state index in [1.165, 1.54) is 22.3 Å². The zero-order valence-electron chi connectivity index (χ0n) is 14.8. The average Bonchev–Trinajstić information content (AvgIpc) is 3.06. The summed E-state index contributed by atoms with van der Waals surface area (Å²) in [6.45, 7) is 2.22. The molecule has 1 fully saturated rings. The Bertz CT molecular complexity index is 1090. The highest BCUT2D eigenvalue weighted by Crippen LogP contribution is 2.36. The van der Waals surface area contributed by atoms with Gasteiger partial charge in [0.2, 0.25) is 15.8 Å². The molecule has 0 spiro atoms. The van der Waals surface area contributed by atoms with Gasteiger partial charge in [-0.2, -0.15) is 0 Å². The summed E-state index contributed by atoms with van der Waals surface area (Å²) in [7, 11) is -3.58. The van der Waals surface area contributed by atoms with Gasteiger partial charge in [-0.05, 0) is 43.5 Å². The molecule has 0 bridgehead atoms. The van der Waals surface area contributed by atoms with Crippen LogP contribution >= 0.6 is 11.3 Å². The molecule has 1 saturated carbocycles. The summed E-state index contributed by atoms with van der Waals surface area (Å²) in [5.74, 6) is 1.02. The van der Waals surface area contributed by atoms with Crippen molar-refractivity contribution in [1.82, 2.24) is 19.1 Å². The Morgan fingerprint density at radius 2 is 2.15 bits per heavy atom. The minimum atomic E-state index is -3.58. The molecular weight excluding hydrogens is 388 g/mol.